The van der Waals surface area contributed by atoms with E-state index in [0.717, 1.165) is 0 Å². The molecule has 0 fully saturated rings. The Balaban J connectivity index is 2.34. The van der Waals surface area contributed by atoms with Gasteiger partial charge in [-0.05, 0) is 13.8 Å². The number of nitrogens with zero attached hydrogens (tertiary/aromatic N) is 3. The van der Waals surface area contributed by atoms with Crippen molar-refractivity contribution in [3.05, 3.63) is 23.1 Å². The maximum Gasteiger partial charge on any atom is 0.343 e. The number of ether oxygens (including phenoxy) is 2. The number of nitrogens with two attached hydrogens (primary N) is 1. The van der Waals surface area contributed by atoms with E-state index in [1.807, 2.05) is 6.92 Å². The minimum Gasteiger partial charge on any atom is -0.487 e. The molecule has 20 heavy (non-hydrogen) atoms. The molecule has 0 bridgehead atoms. The number of halogens is 1. The van der Waals surface area contributed by atoms with Crippen LogP contribution in [-0.2, 0) is 4.74 Å². The Morgan fingerprint density at radius 3 is 3.00 bits per heavy atom. The lowest BCUT2D eigenvalue weighted by atomic mass is 10.3. The molecule has 0 spiro atoms. The molecule has 0 aliphatic carbocycles. The smallest absolute Gasteiger partial charge is 0.343 e. The number of carbonyl (C=O) groups is 1. The van der Waals surface area contributed by atoms with Gasteiger partial charge in [-0.1, -0.05) is 11.6 Å². The molecule has 8 heteroatoms. The second kappa shape index (κ2) is 6.06. The highest BCUT2D eigenvalue weighted by Gasteiger charge is 2.17. The lowest BCUT2D eigenvalue weighted by Crippen LogP contribution is -2.23. The molecule has 2 aromatic heterocycles. The fourth-order valence-electron chi connectivity index (χ4n) is 1.54. The molecule has 2 rings (SSSR count). The summed E-state index contributed by atoms with van der Waals surface area (Å²) in [6.07, 6.45) is 2.93. The first-order chi connectivity index (χ1) is 9.52. The summed E-state index contributed by atoms with van der Waals surface area (Å²) < 4.78 is 11.8. The number of fused-ring (bicyclic) bond motifs is 1. The topological polar surface area (TPSA) is 91.7 Å². The minimum absolute atomic E-state index is 0.130. The van der Waals surface area contributed by atoms with Crippen molar-refractivity contribution in [2.45, 2.75) is 19.9 Å². The average Bonchev–Trinajstić information content (AvgIpc) is 2.78. The van der Waals surface area contributed by atoms with Crippen molar-refractivity contribution < 1.29 is 14.3 Å². The van der Waals surface area contributed by atoms with Crippen LogP contribution in [0.2, 0.25) is 5.15 Å². The Kier molecular flexibility index (Phi) is 4.41. The fourth-order valence-corrected chi connectivity index (χ4v) is 1.73. The van der Waals surface area contributed by atoms with Crippen LogP contribution in [0.3, 0.4) is 0 Å². The van der Waals surface area contributed by atoms with Crippen LogP contribution < -0.4 is 10.5 Å². The molecule has 0 saturated heterocycles. The molecule has 0 unspecified atom stereocenters. The van der Waals surface area contributed by atoms with Gasteiger partial charge < -0.3 is 15.2 Å². The molecule has 0 aromatic carbocycles. The maximum absolute atomic E-state index is 11.7. The van der Waals surface area contributed by atoms with Crippen molar-refractivity contribution in [2.75, 3.05) is 13.2 Å². The van der Waals surface area contributed by atoms with Crippen molar-refractivity contribution in [3.63, 3.8) is 0 Å². The van der Waals surface area contributed by atoms with Gasteiger partial charge in [0.05, 0.1) is 19.0 Å². The van der Waals surface area contributed by atoms with Crippen molar-refractivity contribution >= 4 is 23.2 Å². The van der Waals surface area contributed by atoms with E-state index in [4.69, 9.17) is 26.8 Å². The zero-order valence-corrected chi connectivity index (χ0v) is 11.9. The summed E-state index contributed by atoms with van der Waals surface area (Å²) in [5, 5.41) is 4.18. The van der Waals surface area contributed by atoms with Gasteiger partial charge in [0.2, 0.25) is 0 Å². The molecule has 1 atom stereocenters. The van der Waals surface area contributed by atoms with Crippen LogP contribution in [0.1, 0.15) is 24.2 Å². The third-order valence-corrected chi connectivity index (χ3v) is 2.68. The number of hydrogen-bond acceptors (Lipinski definition) is 6. The van der Waals surface area contributed by atoms with Gasteiger partial charge >= 0.3 is 5.97 Å². The number of aromatic nitrogens is 3. The van der Waals surface area contributed by atoms with Crippen LogP contribution in [0.15, 0.2) is 12.4 Å². The fraction of sp³-hybridized carbons (Fsp3) is 0.417. The molecule has 0 amide bonds. The highest BCUT2D eigenvalue weighted by molar-refractivity contribution is 6.31. The van der Waals surface area contributed by atoms with Crippen LogP contribution in [0.5, 0.6) is 5.75 Å². The normalized spacial score (nSPS) is 12.4. The summed E-state index contributed by atoms with van der Waals surface area (Å²) >= 11 is 6.03. The highest BCUT2D eigenvalue weighted by Crippen LogP contribution is 2.24. The van der Waals surface area contributed by atoms with Crippen LogP contribution in [0, 0.1) is 0 Å². The Labute approximate surface area is 120 Å². The summed E-state index contributed by atoms with van der Waals surface area (Å²) in [6.45, 7) is 4.12. The first-order valence-corrected chi connectivity index (χ1v) is 6.50. The van der Waals surface area contributed by atoms with Gasteiger partial charge in [0.15, 0.2) is 16.5 Å². The van der Waals surface area contributed by atoms with Gasteiger partial charge in [-0.15, -0.1) is 0 Å². The van der Waals surface area contributed by atoms with Crippen molar-refractivity contribution in [3.8, 4) is 5.75 Å². The number of rotatable bonds is 5. The van der Waals surface area contributed by atoms with Gasteiger partial charge in [0.25, 0.3) is 0 Å². The second-order valence-corrected chi connectivity index (χ2v) is 4.59. The molecule has 2 aromatic rings. The van der Waals surface area contributed by atoms with Gasteiger partial charge in [-0.25, -0.2) is 14.3 Å². The first kappa shape index (κ1) is 14.5. The maximum atomic E-state index is 11.7. The number of carbonyl (C=O) groups excluding carboxylic acids is 1. The number of esters is 1. The molecule has 108 valence electrons. The Hall–Kier alpha value is -1.86. The van der Waals surface area contributed by atoms with E-state index < -0.39 is 5.97 Å². The molecular weight excluding hydrogens is 284 g/mol. The minimum atomic E-state index is -0.490. The zero-order chi connectivity index (χ0) is 14.7. The molecule has 0 aliphatic rings. The van der Waals surface area contributed by atoms with Crippen molar-refractivity contribution in [1.29, 1.82) is 0 Å². The van der Waals surface area contributed by atoms with E-state index in [-0.39, 0.29) is 23.4 Å². The van der Waals surface area contributed by atoms with Gasteiger partial charge in [-0.3, -0.25) is 0 Å². The zero-order valence-electron chi connectivity index (χ0n) is 11.2. The summed E-state index contributed by atoms with van der Waals surface area (Å²) in [4.78, 5) is 15.8. The molecule has 0 aliphatic heterocycles. The summed E-state index contributed by atoms with van der Waals surface area (Å²) in [7, 11) is 0. The lowest BCUT2D eigenvalue weighted by molar-refractivity contribution is 0.0528. The molecule has 0 radical (unpaired) electrons. The second-order valence-electron chi connectivity index (χ2n) is 4.23. The average molecular weight is 299 g/mol. The van der Waals surface area contributed by atoms with Crippen LogP contribution in [0.25, 0.3) is 5.65 Å². The SMILES string of the molecule is CCOC(=O)c1cnn2cc(OC[C@@H](C)N)c(Cl)nc12. The highest BCUT2D eigenvalue weighted by atomic mass is 35.5. The Morgan fingerprint density at radius 2 is 2.35 bits per heavy atom. The van der Waals surface area contributed by atoms with Gasteiger partial charge in [0, 0.05) is 6.04 Å². The quantitative estimate of drug-likeness (QED) is 0.660. The largest absolute Gasteiger partial charge is 0.487 e. The van der Waals surface area contributed by atoms with Crippen molar-refractivity contribution in [2.24, 2.45) is 5.73 Å². The number of hydrogen-bond donors (Lipinski definition) is 1. The Bertz CT molecular complexity index is 626. The van der Waals surface area contributed by atoms with Crippen LogP contribution in [-0.4, -0.2) is 39.8 Å². The third kappa shape index (κ3) is 3.00. The molecular formula is C12H15ClN4O3. The first-order valence-electron chi connectivity index (χ1n) is 6.12. The van der Waals surface area contributed by atoms with E-state index in [9.17, 15) is 4.79 Å². The summed E-state index contributed by atoms with van der Waals surface area (Å²) in [5.41, 5.74) is 6.19. The Morgan fingerprint density at radius 1 is 1.60 bits per heavy atom. The van der Waals surface area contributed by atoms with Crippen molar-refractivity contribution in [1.82, 2.24) is 14.6 Å². The molecule has 2 heterocycles. The molecule has 2 N–H and O–H groups in total. The van der Waals surface area contributed by atoms with Gasteiger partial charge in [-0.2, -0.15) is 5.10 Å². The van der Waals surface area contributed by atoms with Gasteiger partial charge in [0.1, 0.15) is 12.2 Å². The van der Waals surface area contributed by atoms with Crippen LogP contribution in [0.4, 0.5) is 0 Å². The van der Waals surface area contributed by atoms with E-state index in [1.165, 1.54) is 10.7 Å². The summed E-state index contributed by atoms with van der Waals surface area (Å²) in [6, 6.07) is -0.130. The summed E-state index contributed by atoms with van der Waals surface area (Å²) in [5.74, 6) is -0.134. The predicted molar refractivity (Wildman–Crippen MR) is 73.1 cm³/mol. The standard InChI is InChI=1S/C12H15ClN4O3/c1-3-19-12(18)8-4-15-17-5-9(20-6-7(2)14)10(13)16-11(8)17/h4-5,7H,3,6,14H2,1-2H3/t7-/m1/s1. The third-order valence-electron chi connectivity index (χ3n) is 2.41. The van der Waals surface area contributed by atoms with E-state index >= 15 is 0 Å². The molecule has 7 nitrogen and oxygen atoms in total. The van der Waals surface area contributed by atoms with E-state index in [1.54, 1.807) is 13.1 Å². The molecule has 0 saturated carbocycles. The lowest BCUT2D eigenvalue weighted by Gasteiger charge is -2.10. The van der Waals surface area contributed by atoms with Crippen LogP contribution >= 0.6 is 11.6 Å². The monoisotopic (exact) mass is 298 g/mol. The van der Waals surface area contributed by atoms with E-state index in [0.29, 0.717) is 18.0 Å². The predicted octanol–water partition coefficient (Wildman–Crippen LogP) is 1.29. The van der Waals surface area contributed by atoms with E-state index in [2.05, 4.69) is 10.1 Å².